The van der Waals surface area contributed by atoms with Crippen molar-refractivity contribution in [3.05, 3.63) is 29.8 Å². The Morgan fingerprint density at radius 1 is 1.39 bits per heavy atom. The molecule has 0 aliphatic heterocycles. The van der Waals surface area contributed by atoms with Gasteiger partial charge in [0.1, 0.15) is 5.75 Å². The normalized spacial score (nSPS) is 14.8. The van der Waals surface area contributed by atoms with Gasteiger partial charge in [-0.15, -0.1) is 0 Å². The SMILES string of the molecule is COc1ccc(CCN(CC(=O)O)C2CC2)cc1. The molecule has 0 heterocycles. The quantitative estimate of drug-likeness (QED) is 0.800. The predicted octanol–water partition coefficient (Wildman–Crippen LogP) is 1.79. The second-order valence-corrected chi connectivity index (χ2v) is 4.69. The van der Waals surface area contributed by atoms with Crippen molar-refractivity contribution in [2.45, 2.75) is 25.3 Å². The fraction of sp³-hybridized carbons (Fsp3) is 0.500. The molecule has 0 saturated heterocycles. The summed E-state index contributed by atoms with van der Waals surface area (Å²) in [5.41, 5.74) is 1.21. The van der Waals surface area contributed by atoms with Gasteiger partial charge in [-0.1, -0.05) is 12.1 Å². The summed E-state index contributed by atoms with van der Waals surface area (Å²) in [6, 6.07) is 8.43. The third-order valence-corrected chi connectivity index (χ3v) is 3.25. The number of hydrogen-bond donors (Lipinski definition) is 1. The lowest BCUT2D eigenvalue weighted by Gasteiger charge is -2.19. The van der Waals surface area contributed by atoms with Crippen molar-refractivity contribution in [1.82, 2.24) is 4.90 Å². The molecule has 1 aromatic rings. The molecule has 1 aliphatic rings. The van der Waals surface area contributed by atoms with Crippen molar-refractivity contribution in [3.8, 4) is 5.75 Å². The zero-order valence-electron chi connectivity index (χ0n) is 10.6. The number of aliphatic carboxylic acids is 1. The zero-order valence-corrected chi connectivity index (χ0v) is 10.6. The maximum absolute atomic E-state index is 10.8. The average molecular weight is 249 g/mol. The number of methoxy groups -OCH3 is 1. The van der Waals surface area contributed by atoms with Gasteiger partial charge in [0.15, 0.2) is 0 Å². The number of hydrogen-bond acceptors (Lipinski definition) is 3. The van der Waals surface area contributed by atoms with Crippen molar-refractivity contribution in [2.75, 3.05) is 20.2 Å². The predicted molar refractivity (Wildman–Crippen MR) is 68.9 cm³/mol. The second-order valence-electron chi connectivity index (χ2n) is 4.69. The summed E-state index contributed by atoms with van der Waals surface area (Å²) in [6.45, 7) is 0.962. The first-order valence-electron chi connectivity index (χ1n) is 6.28. The largest absolute Gasteiger partial charge is 0.497 e. The first-order valence-corrected chi connectivity index (χ1v) is 6.28. The van der Waals surface area contributed by atoms with Gasteiger partial charge in [-0.2, -0.15) is 0 Å². The molecule has 1 aromatic carbocycles. The maximum atomic E-state index is 10.8. The van der Waals surface area contributed by atoms with Crippen molar-refractivity contribution in [2.24, 2.45) is 0 Å². The van der Waals surface area contributed by atoms with Crippen molar-refractivity contribution in [1.29, 1.82) is 0 Å². The molecule has 1 aliphatic carbocycles. The van der Waals surface area contributed by atoms with E-state index in [4.69, 9.17) is 9.84 Å². The Hall–Kier alpha value is -1.55. The van der Waals surface area contributed by atoms with Crippen LogP contribution in [0.2, 0.25) is 0 Å². The lowest BCUT2D eigenvalue weighted by atomic mass is 10.1. The molecular weight excluding hydrogens is 230 g/mol. The van der Waals surface area contributed by atoms with E-state index in [1.807, 2.05) is 24.3 Å². The number of rotatable bonds is 7. The summed E-state index contributed by atoms with van der Waals surface area (Å²) in [5.74, 6) is 0.111. The van der Waals surface area contributed by atoms with Gasteiger partial charge in [0.05, 0.1) is 13.7 Å². The van der Waals surface area contributed by atoms with Crippen LogP contribution in [0.3, 0.4) is 0 Å². The molecule has 0 atom stereocenters. The highest BCUT2D eigenvalue weighted by Gasteiger charge is 2.29. The summed E-state index contributed by atoms with van der Waals surface area (Å²) in [6.07, 6.45) is 3.15. The van der Waals surface area contributed by atoms with Gasteiger partial charge >= 0.3 is 5.97 Å². The molecule has 0 spiro atoms. The van der Waals surface area contributed by atoms with Crippen molar-refractivity contribution < 1.29 is 14.6 Å². The Labute approximate surface area is 107 Å². The molecule has 0 bridgehead atoms. The number of carboxylic acids is 1. The molecule has 0 amide bonds. The van der Waals surface area contributed by atoms with Crippen LogP contribution in [-0.4, -0.2) is 42.2 Å². The van der Waals surface area contributed by atoms with Crippen LogP contribution in [0.1, 0.15) is 18.4 Å². The fourth-order valence-electron chi connectivity index (χ4n) is 2.07. The third-order valence-electron chi connectivity index (χ3n) is 3.25. The van der Waals surface area contributed by atoms with Crippen LogP contribution >= 0.6 is 0 Å². The van der Waals surface area contributed by atoms with E-state index in [0.717, 1.165) is 31.6 Å². The van der Waals surface area contributed by atoms with E-state index in [1.54, 1.807) is 7.11 Å². The molecule has 4 nitrogen and oxygen atoms in total. The van der Waals surface area contributed by atoms with Gasteiger partial charge < -0.3 is 9.84 Å². The van der Waals surface area contributed by atoms with Gasteiger partial charge in [-0.25, -0.2) is 0 Å². The van der Waals surface area contributed by atoms with Crippen LogP contribution < -0.4 is 4.74 Å². The molecule has 4 heteroatoms. The highest BCUT2D eigenvalue weighted by Crippen LogP contribution is 2.26. The van der Waals surface area contributed by atoms with Gasteiger partial charge in [-0.05, 0) is 37.0 Å². The number of nitrogens with zero attached hydrogens (tertiary/aromatic N) is 1. The molecule has 98 valence electrons. The molecule has 0 radical (unpaired) electrons. The summed E-state index contributed by atoms with van der Waals surface area (Å²) in [5, 5.41) is 8.87. The van der Waals surface area contributed by atoms with E-state index in [1.165, 1.54) is 5.56 Å². The Morgan fingerprint density at radius 2 is 2.06 bits per heavy atom. The number of carbonyl (C=O) groups is 1. The van der Waals surface area contributed by atoms with Crippen LogP contribution in [0.4, 0.5) is 0 Å². The van der Waals surface area contributed by atoms with Crippen LogP contribution in [0.15, 0.2) is 24.3 Å². The van der Waals surface area contributed by atoms with Gasteiger partial charge in [0, 0.05) is 12.6 Å². The number of benzene rings is 1. The molecule has 0 aromatic heterocycles. The second kappa shape index (κ2) is 5.87. The van der Waals surface area contributed by atoms with Gasteiger partial charge in [0.25, 0.3) is 0 Å². The van der Waals surface area contributed by atoms with Crippen LogP contribution in [-0.2, 0) is 11.2 Å². The van der Waals surface area contributed by atoms with Crippen LogP contribution in [0.5, 0.6) is 5.75 Å². The monoisotopic (exact) mass is 249 g/mol. The van der Waals surface area contributed by atoms with E-state index < -0.39 is 5.97 Å². The minimum absolute atomic E-state index is 0.154. The summed E-state index contributed by atoms with van der Waals surface area (Å²) in [7, 11) is 1.65. The summed E-state index contributed by atoms with van der Waals surface area (Å²) < 4.78 is 5.11. The Bertz CT molecular complexity index is 398. The zero-order chi connectivity index (χ0) is 13.0. The summed E-state index contributed by atoms with van der Waals surface area (Å²) >= 11 is 0. The lowest BCUT2D eigenvalue weighted by Crippen LogP contribution is -2.33. The Kier molecular flexibility index (Phi) is 4.20. The molecule has 1 N–H and O–H groups in total. The maximum Gasteiger partial charge on any atom is 0.317 e. The first kappa shape index (κ1) is 12.9. The first-order chi connectivity index (χ1) is 8.69. The van der Waals surface area contributed by atoms with Crippen molar-refractivity contribution >= 4 is 5.97 Å². The molecule has 1 saturated carbocycles. The Morgan fingerprint density at radius 3 is 2.56 bits per heavy atom. The van der Waals surface area contributed by atoms with Crippen LogP contribution in [0, 0.1) is 0 Å². The molecule has 0 unspecified atom stereocenters. The third kappa shape index (κ3) is 3.74. The smallest absolute Gasteiger partial charge is 0.317 e. The molecular formula is C14H19NO3. The number of ether oxygens (including phenoxy) is 1. The fourth-order valence-corrected chi connectivity index (χ4v) is 2.07. The van der Waals surface area contributed by atoms with E-state index >= 15 is 0 Å². The topological polar surface area (TPSA) is 49.8 Å². The lowest BCUT2D eigenvalue weighted by molar-refractivity contribution is -0.138. The highest BCUT2D eigenvalue weighted by atomic mass is 16.5. The molecule has 1 fully saturated rings. The molecule has 18 heavy (non-hydrogen) atoms. The van der Waals surface area contributed by atoms with Gasteiger partial charge in [-0.3, -0.25) is 9.69 Å². The standard InChI is InChI=1S/C14H19NO3/c1-18-13-6-2-11(3-7-13)8-9-15(10-14(16)17)12-4-5-12/h2-3,6-7,12H,4-5,8-10H2,1H3,(H,16,17). The Balaban J connectivity index is 1.85. The van der Waals surface area contributed by atoms with Gasteiger partial charge in [0.2, 0.25) is 0 Å². The molecule has 2 rings (SSSR count). The van der Waals surface area contributed by atoms with E-state index in [2.05, 4.69) is 4.90 Å². The minimum Gasteiger partial charge on any atom is -0.497 e. The number of carboxylic acid groups (broad SMARTS) is 1. The van der Waals surface area contributed by atoms with E-state index in [9.17, 15) is 4.79 Å². The van der Waals surface area contributed by atoms with E-state index in [0.29, 0.717) is 6.04 Å². The highest BCUT2D eigenvalue weighted by molar-refractivity contribution is 5.69. The van der Waals surface area contributed by atoms with Crippen LogP contribution in [0.25, 0.3) is 0 Å². The average Bonchev–Trinajstić information content (AvgIpc) is 3.19. The van der Waals surface area contributed by atoms with E-state index in [-0.39, 0.29) is 6.54 Å². The van der Waals surface area contributed by atoms with Crippen molar-refractivity contribution in [3.63, 3.8) is 0 Å². The summed E-state index contributed by atoms with van der Waals surface area (Å²) in [4.78, 5) is 12.8. The minimum atomic E-state index is -0.739.